The van der Waals surface area contributed by atoms with Gasteiger partial charge in [0.15, 0.2) is 5.13 Å². The first-order valence-electron chi connectivity index (χ1n) is 7.46. The molecular formula is C16H16N4O3S2. The third kappa shape index (κ3) is 3.62. The minimum atomic E-state index is -0.245. The summed E-state index contributed by atoms with van der Waals surface area (Å²) in [7, 11) is 3.20. The predicted octanol–water partition coefficient (Wildman–Crippen LogP) is 3.49. The van der Waals surface area contributed by atoms with Crippen molar-refractivity contribution in [1.82, 2.24) is 14.6 Å². The van der Waals surface area contributed by atoms with Crippen LogP contribution in [0.25, 0.3) is 11.3 Å². The molecule has 130 valence electrons. The fourth-order valence-corrected chi connectivity index (χ4v) is 3.59. The molecule has 0 saturated carbocycles. The molecule has 1 amide bonds. The fraction of sp³-hybridized carbons (Fsp3) is 0.250. The van der Waals surface area contributed by atoms with Gasteiger partial charge in [0.2, 0.25) is 0 Å². The first-order chi connectivity index (χ1) is 12.2. The quantitative estimate of drug-likeness (QED) is 0.709. The van der Waals surface area contributed by atoms with Crippen LogP contribution < -0.4 is 14.8 Å². The molecule has 0 saturated heterocycles. The van der Waals surface area contributed by atoms with E-state index in [1.807, 2.05) is 30.5 Å². The number of nitrogens with one attached hydrogen (secondary N) is 1. The molecule has 1 aromatic carbocycles. The summed E-state index contributed by atoms with van der Waals surface area (Å²) in [5, 5.41) is 9.11. The van der Waals surface area contributed by atoms with Crippen LogP contribution >= 0.6 is 22.9 Å². The first kappa shape index (κ1) is 17.3. The lowest BCUT2D eigenvalue weighted by molar-refractivity contribution is 0.102. The van der Waals surface area contributed by atoms with E-state index in [2.05, 4.69) is 19.9 Å². The lowest BCUT2D eigenvalue weighted by Crippen LogP contribution is -2.12. The normalized spacial score (nSPS) is 10.5. The Morgan fingerprint density at radius 2 is 2.12 bits per heavy atom. The monoisotopic (exact) mass is 376 g/mol. The Hall–Kier alpha value is -2.52. The van der Waals surface area contributed by atoms with E-state index < -0.39 is 0 Å². The molecule has 0 aliphatic rings. The third-order valence-corrected chi connectivity index (χ3v) is 5.03. The van der Waals surface area contributed by atoms with Gasteiger partial charge >= 0.3 is 0 Å². The molecule has 7 nitrogen and oxygen atoms in total. The number of ether oxygens (including phenoxy) is 2. The van der Waals surface area contributed by atoms with Gasteiger partial charge in [-0.05, 0) is 36.2 Å². The van der Waals surface area contributed by atoms with E-state index in [1.54, 1.807) is 14.2 Å². The van der Waals surface area contributed by atoms with Gasteiger partial charge in [-0.3, -0.25) is 10.1 Å². The zero-order chi connectivity index (χ0) is 17.8. The minimum Gasteiger partial charge on any atom is -0.497 e. The number of amides is 1. The lowest BCUT2D eigenvalue weighted by atomic mass is 10.1. The zero-order valence-corrected chi connectivity index (χ0v) is 15.5. The Bertz CT molecular complexity index is 891. The van der Waals surface area contributed by atoms with E-state index >= 15 is 0 Å². The second kappa shape index (κ2) is 7.58. The molecule has 9 heteroatoms. The van der Waals surface area contributed by atoms with Gasteiger partial charge in [-0.25, -0.2) is 4.98 Å². The van der Waals surface area contributed by atoms with Crippen LogP contribution in [-0.4, -0.2) is 34.7 Å². The predicted molar refractivity (Wildman–Crippen MR) is 97.9 cm³/mol. The standard InChI is InChI=1S/C16H16N4O3S2/c1-4-11-14(25-20-19-11)15(21)18-16-17-12(8-24-16)10-7-9(22-2)5-6-13(10)23-3/h5-8H,4H2,1-3H3,(H,17,18,21). The molecule has 0 aliphatic carbocycles. The Kier molecular flexibility index (Phi) is 5.25. The van der Waals surface area contributed by atoms with Crippen LogP contribution in [0.1, 0.15) is 22.3 Å². The number of thiazole rings is 1. The van der Waals surface area contributed by atoms with Gasteiger partial charge in [0.05, 0.1) is 25.6 Å². The Morgan fingerprint density at radius 1 is 1.28 bits per heavy atom. The summed E-state index contributed by atoms with van der Waals surface area (Å²) >= 11 is 2.42. The van der Waals surface area contributed by atoms with E-state index in [-0.39, 0.29) is 5.91 Å². The van der Waals surface area contributed by atoms with Gasteiger partial charge in [0, 0.05) is 10.9 Å². The number of rotatable bonds is 6. The second-order valence-corrected chi connectivity index (χ2v) is 6.57. The summed E-state index contributed by atoms with van der Waals surface area (Å²) in [6, 6.07) is 5.49. The number of benzene rings is 1. The van der Waals surface area contributed by atoms with Crippen molar-refractivity contribution in [3.63, 3.8) is 0 Å². The molecule has 0 aliphatic heterocycles. The maximum Gasteiger partial charge on any atom is 0.271 e. The van der Waals surface area contributed by atoms with Crippen molar-refractivity contribution in [2.24, 2.45) is 0 Å². The number of aryl methyl sites for hydroxylation is 1. The average Bonchev–Trinajstić information content (AvgIpc) is 3.30. The summed E-state index contributed by atoms with van der Waals surface area (Å²) < 4.78 is 14.5. The van der Waals surface area contributed by atoms with Crippen LogP contribution in [0.3, 0.4) is 0 Å². The van der Waals surface area contributed by atoms with Gasteiger partial charge in [-0.2, -0.15) is 0 Å². The molecule has 0 bridgehead atoms. The van der Waals surface area contributed by atoms with E-state index in [4.69, 9.17) is 9.47 Å². The highest BCUT2D eigenvalue weighted by molar-refractivity contribution is 7.14. The molecular weight excluding hydrogens is 360 g/mol. The topological polar surface area (TPSA) is 86.2 Å². The third-order valence-electron chi connectivity index (χ3n) is 3.50. The van der Waals surface area contributed by atoms with Crippen LogP contribution in [0.15, 0.2) is 23.6 Å². The van der Waals surface area contributed by atoms with Gasteiger partial charge in [-0.15, -0.1) is 16.4 Å². The molecule has 2 aromatic heterocycles. The van der Waals surface area contributed by atoms with Crippen molar-refractivity contribution in [2.75, 3.05) is 19.5 Å². The first-order valence-corrected chi connectivity index (χ1v) is 9.12. The van der Waals surface area contributed by atoms with Gasteiger partial charge in [-0.1, -0.05) is 11.4 Å². The van der Waals surface area contributed by atoms with Crippen LogP contribution in [0.5, 0.6) is 11.5 Å². The molecule has 0 fully saturated rings. The van der Waals surface area contributed by atoms with Crippen molar-refractivity contribution in [2.45, 2.75) is 13.3 Å². The number of carbonyl (C=O) groups excluding carboxylic acids is 1. The fourth-order valence-electron chi connectivity index (χ4n) is 2.24. The molecule has 0 radical (unpaired) electrons. The molecule has 25 heavy (non-hydrogen) atoms. The molecule has 0 spiro atoms. The highest BCUT2D eigenvalue weighted by Crippen LogP contribution is 2.35. The number of nitrogens with zero attached hydrogens (tertiary/aromatic N) is 3. The second-order valence-electron chi connectivity index (χ2n) is 4.96. The number of hydrogen-bond donors (Lipinski definition) is 1. The Morgan fingerprint density at radius 3 is 2.84 bits per heavy atom. The summed E-state index contributed by atoms with van der Waals surface area (Å²) in [6.07, 6.45) is 0.656. The molecule has 1 N–H and O–H groups in total. The van der Waals surface area contributed by atoms with Gasteiger partial charge < -0.3 is 9.47 Å². The summed E-state index contributed by atoms with van der Waals surface area (Å²) in [5.74, 6) is 1.15. The maximum absolute atomic E-state index is 12.4. The maximum atomic E-state index is 12.4. The Labute approximate surface area is 152 Å². The number of methoxy groups -OCH3 is 2. The molecule has 2 heterocycles. The number of carbonyl (C=O) groups is 1. The van der Waals surface area contributed by atoms with Crippen molar-refractivity contribution >= 4 is 33.9 Å². The molecule has 3 rings (SSSR count). The summed E-state index contributed by atoms with van der Waals surface area (Å²) in [6.45, 7) is 1.93. The zero-order valence-electron chi connectivity index (χ0n) is 13.9. The molecule has 0 atom stereocenters. The summed E-state index contributed by atoms with van der Waals surface area (Å²) in [4.78, 5) is 17.4. The van der Waals surface area contributed by atoms with Crippen molar-refractivity contribution in [3.05, 3.63) is 34.2 Å². The lowest BCUT2D eigenvalue weighted by Gasteiger charge is -2.08. The van der Waals surface area contributed by atoms with Crippen LogP contribution in [0.2, 0.25) is 0 Å². The van der Waals surface area contributed by atoms with Crippen molar-refractivity contribution in [1.29, 1.82) is 0 Å². The van der Waals surface area contributed by atoms with E-state index in [0.717, 1.165) is 17.1 Å². The van der Waals surface area contributed by atoms with Gasteiger partial charge in [0.25, 0.3) is 5.91 Å². The van der Waals surface area contributed by atoms with Crippen LogP contribution in [0.4, 0.5) is 5.13 Å². The number of anilines is 1. The minimum absolute atomic E-state index is 0.245. The van der Waals surface area contributed by atoms with E-state index in [1.165, 1.54) is 11.3 Å². The van der Waals surface area contributed by atoms with Crippen LogP contribution in [-0.2, 0) is 6.42 Å². The molecule has 0 unspecified atom stereocenters. The number of aromatic nitrogens is 3. The number of hydrogen-bond acceptors (Lipinski definition) is 8. The van der Waals surface area contributed by atoms with E-state index in [0.29, 0.717) is 39.3 Å². The van der Waals surface area contributed by atoms with E-state index in [9.17, 15) is 4.79 Å². The molecule has 3 aromatic rings. The van der Waals surface area contributed by atoms with Crippen molar-refractivity contribution in [3.8, 4) is 22.8 Å². The largest absolute Gasteiger partial charge is 0.497 e. The average molecular weight is 376 g/mol. The summed E-state index contributed by atoms with van der Waals surface area (Å²) in [5.41, 5.74) is 2.19. The van der Waals surface area contributed by atoms with Crippen molar-refractivity contribution < 1.29 is 14.3 Å². The SMILES string of the molecule is CCc1nnsc1C(=O)Nc1nc(-c2cc(OC)ccc2OC)cs1. The Balaban J connectivity index is 1.84. The van der Waals surface area contributed by atoms with Gasteiger partial charge in [0.1, 0.15) is 16.4 Å². The van der Waals surface area contributed by atoms with Crippen LogP contribution in [0, 0.1) is 0 Å². The highest BCUT2D eigenvalue weighted by Gasteiger charge is 2.17. The highest BCUT2D eigenvalue weighted by atomic mass is 32.1. The smallest absolute Gasteiger partial charge is 0.271 e.